The Kier molecular flexibility index (Phi) is 12.3. The summed E-state index contributed by atoms with van der Waals surface area (Å²) in [4.78, 5) is 8.00. The maximum atomic E-state index is 9.16. The van der Waals surface area contributed by atoms with Crippen molar-refractivity contribution in [2.24, 2.45) is 11.7 Å². The van der Waals surface area contributed by atoms with Gasteiger partial charge in [0.2, 0.25) is 0 Å². The number of aryl methyl sites for hydroxylation is 2. The minimum atomic E-state index is -0.115. The highest BCUT2D eigenvalue weighted by molar-refractivity contribution is 6.12. The number of hydrogen-bond acceptors (Lipinski definition) is 6. The molecular weight excluding hydrogens is 506 g/mol. The predicted octanol–water partition coefficient (Wildman–Crippen LogP) is 6.35. The Hall–Kier alpha value is -3.74. The van der Waals surface area contributed by atoms with Crippen LogP contribution >= 0.6 is 0 Å². The normalized spacial score (nSPS) is 17.2. The molecule has 6 heteroatoms. The predicted molar refractivity (Wildman–Crippen MR) is 174 cm³/mol. The smallest absolute Gasteiger partial charge is 0.106 e. The first-order valence-corrected chi connectivity index (χ1v) is 14.7. The van der Waals surface area contributed by atoms with Crippen molar-refractivity contribution in [1.29, 1.82) is 5.41 Å². The SMILES string of the molecule is C=C(N)c1cccc2c1C(=N)C(c1cccc(C)c1)C(c1ccc(C)cc1)N2.C=O.CCNCCNCCC1CC1. The molecule has 2 unspecified atom stereocenters. The summed E-state index contributed by atoms with van der Waals surface area (Å²) in [5.74, 6) is 0.956. The van der Waals surface area contributed by atoms with Gasteiger partial charge in [0.25, 0.3) is 0 Å². The fourth-order valence-corrected chi connectivity index (χ4v) is 5.27. The van der Waals surface area contributed by atoms with Gasteiger partial charge in [-0.2, -0.15) is 0 Å². The maximum absolute atomic E-state index is 9.16. The van der Waals surface area contributed by atoms with Gasteiger partial charge in [-0.25, -0.2) is 0 Å². The second-order valence-electron chi connectivity index (χ2n) is 10.9. The summed E-state index contributed by atoms with van der Waals surface area (Å²) in [6.45, 7) is 16.8. The van der Waals surface area contributed by atoms with Gasteiger partial charge in [0, 0.05) is 35.6 Å². The maximum Gasteiger partial charge on any atom is 0.106 e. The van der Waals surface area contributed by atoms with Crippen LogP contribution in [0, 0.1) is 25.2 Å². The Labute approximate surface area is 246 Å². The number of benzene rings is 3. The van der Waals surface area contributed by atoms with Gasteiger partial charge in [-0.15, -0.1) is 0 Å². The van der Waals surface area contributed by atoms with E-state index in [4.69, 9.17) is 15.9 Å². The topological polar surface area (TPSA) is 103 Å². The van der Waals surface area contributed by atoms with Gasteiger partial charge in [-0.3, -0.25) is 0 Å². The van der Waals surface area contributed by atoms with Crippen molar-refractivity contribution >= 4 is 23.9 Å². The van der Waals surface area contributed by atoms with Crippen LogP contribution in [0.4, 0.5) is 5.69 Å². The highest BCUT2D eigenvalue weighted by Gasteiger charge is 2.36. The van der Waals surface area contributed by atoms with Crippen LogP contribution < -0.4 is 21.7 Å². The second kappa shape index (κ2) is 15.9. The van der Waals surface area contributed by atoms with E-state index < -0.39 is 0 Å². The Bertz CT molecular complexity index is 1280. The molecule has 0 saturated heterocycles. The third-order valence-electron chi connectivity index (χ3n) is 7.63. The number of nitrogens with one attached hydrogen (secondary N) is 4. The molecule has 218 valence electrons. The van der Waals surface area contributed by atoms with Gasteiger partial charge in [0.05, 0.1) is 17.7 Å². The van der Waals surface area contributed by atoms with Crippen molar-refractivity contribution < 1.29 is 4.79 Å². The first-order chi connectivity index (χ1) is 19.9. The molecule has 5 rings (SSSR count). The molecule has 0 bridgehead atoms. The number of anilines is 1. The second-order valence-corrected chi connectivity index (χ2v) is 10.9. The van der Waals surface area contributed by atoms with Crippen molar-refractivity contribution in [3.63, 3.8) is 0 Å². The average molecular weight is 554 g/mol. The van der Waals surface area contributed by atoms with Crippen LogP contribution in [0.5, 0.6) is 0 Å². The lowest BCUT2D eigenvalue weighted by Gasteiger charge is -2.37. The van der Waals surface area contributed by atoms with E-state index in [0.29, 0.717) is 11.4 Å². The lowest BCUT2D eigenvalue weighted by molar-refractivity contribution is -0.0980. The van der Waals surface area contributed by atoms with Crippen LogP contribution in [0.15, 0.2) is 73.3 Å². The summed E-state index contributed by atoms with van der Waals surface area (Å²) < 4.78 is 0. The summed E-state index contributed by atoms with van der Waals surface area (Å²) in [6.07, 6.45) is 4.36. The van der Waals surface area contributed by atoms with Crippen LogP contribution in [0.2, 0.25) is 0 Å². The zero-order chi connectivity index (χ0) is 29.8. The molecule has 0 amide bonds. The number of fused-ring (bicyclic) bond motifs is 1. The number of carbonyl (C=O) groups excluding carboxylic acids is 1. The molecule has 0 aromatic heterocycles. The Morgan fingerprint density at radius 1 is 0.927 bits per heavy atom. The number of nitrogens with two attached hydrogens (primary N) is 1. The molecule has 1 aliphatic heterocycles. The molecule has 2 atom stereocenters. The fourth-order valence-electron chi connectivity index (χ4n) is 5.27. The van der Waals surface area contributed by atoms with Crippen LogP contribution in [0.3, 0.4) is 0 Å². The molecule has 3 aromatic rings. The molecule has 1 saturated carbocycles. The van der Waals surface area contributed by atoms with Gasteiger partial charge >= 0.3 is 0 Å². The molecule has 0 radical (unpaired) electrons. The quantitative estimate of drug-likeness (QED) is 0.188. The highest BCUT2D eigenvalue weighted by Crippen LogP contribution is 2.44. The minimum Gasteiger partial charge on any atom is -0.399 e. The zero-order valence-corrected chi connectivity index (χ0v) is 24.9. The first-order valence-electron chi connectivity index (χ1n) is 14.7. The van der Waals surface area contributed by atoms with Gasteiger partial charge in [-0.1, -0.05) is 98.1 Å². The molecule has 1 fully saturated rings. The molecule has 41 heavy (non-hydrogen) atoms. The number of likely N-dealkylation sites (N-methyl/N-ethyl adjacent to an activating group) is 1. The van der Waals surface area contributed by atoms with Gasteiger partial charge in [0.15, 0.2) is 0 Å². The van der Waals surface area contributed by atoms with Crippen molar-refractivity contribution in [1.82, 2.24) is 10.6 Å². The van der Waals surface area contributed by atoms with E-state index in [1.54, 1.807) is 0 Å². The van der Waals surface area contributed by atoms with Crippen molar-refractivity contribution in [3.05, 3.63) is 107 Å². The average Bonchev–Trinajstić information content (AvgIpc) is 3.81. The Morgan fingerprint density at radius 2 is 1.61 bits per heavy atom. The van der Waals surface area contributed by atoms with Crippen LogP contribution in [-0.4, -0.2) is 38.7 Å². The van der Waals surface area contributed by atoms with E-state index in [1.807, 2.05) is 25.0 Å². The number of carbonyl (C=O) groups is 1. The minimum absolute atomic E-state index is 0.0244. The summed E-state index contributed by atoms with van der Waals surface area (Å²) in [5.41, 5.74) is 14.4. The van der Waals surface area contributed by atoms with Gasteiger partial charge in [0.1, 0.15) is 6.79 Å². The standard InChI is InChI=1S/C25H25N3.C9H20N2.CH2O/c1-15-10-12-18(13-11-15)25-22(19-7-4-6-16(2)14-19)24(27)23-20(17(3)26)8-5-9-21(23)28-25;1-2-10-7-8-11-6-5-9-3-4-9;1-2/h4-14,22,25,27-28H,3,26H2,1-2H3;9-11H,2-8H2,1H3;1H2. The third-order valence-corrected chi connectivity index (χ3v) is 7.63. The molecule has 6 nitrogen and oxygen atoms in total. The van der Waals surface area contributed by atoms with Crippen LogP contribution in [-0.2, 0) is 4.79 Å². The van der Waals surface area contributed by atoms with E-state index in [1.165, 1.54) is 42.5 Å². The molecular formula is C35H47N5O. The van der Waals surface area contributed by atoms with Crippen molar-refractivity contribution in [2.45, 2.75) is 52.0 Å². The highest BCUT2D eigenvalue weighted by atomic mass is 16.1. The first kappa shape index (κ1) is 31.8. The largest absolute Gasteiger partial charge is 0.399 e. The van der Waals surface area contributed by atoms with E-state index >= 15 is 0 Å². The van der Waals surface area contributed by atoms with Crippen LogP contribution in [0.25, 0.3) is 5.70 Å². The molecule has 1 aliphatic carbocycles. The van der Waals surface area contributed by atoms with E-state index in [0.717, 1.165) is 47.9 Å². The summed E-state index contributed by atoms with van der Waals surface area (Å²) in [5, 5.41) is 19.6. The van der Waals surface area contributed by atoms with Gasteiger partial charge in [-0.05, 0) is 56.5 Å². The zero-order valence-electron chi connectivity index (χ0n) is 24.9. The van der Waals surface area contributed by atoms with E-state index in [2.05, 4.69) is 91.8 Å². The van der Waals surface area contributed by atoms with Crippen molar-refractivity contribution in [2.75, 3.05) is 31.5 Å². The Morgan fingerprint density at radius 3 is 2.24 bits per heavy atom. The number of rotatable bonds is 10. The van der Waals surface area contributed by atoms with Crippen molar-refractivity contribution in [3.8, 4) is 0 Å². The van der Waals surface area contributed by atoms with Gasteiger partial charge < -0.3 is 31.9 Å². The number of hydrogen-bond donors (Lipinski definition) is 5. The monoisotopic (exact) mass is 553 g/mol. The summed E-state index contributed by atoms with van der Waals surface area (Å²) in [7, 11) is 0. The summed E-state index contributed by atoms with van der Waals surface area (Å²) in [6, 6.07) is 22.9. The van der Waals surface area contributed by atoms with Crippen LogP contribution in [0.1, 0.15) is 71.5 Å². The summed E-state index contributed by atoms with van der Waals surface area (Å²) >= 11 is 0. The molecule has 2 aliphatic rings. The lowest BCUT2D eigenvalue weighted by Crippen LogP contribution is -2.33. The Balaban J connectivity index is 0.000000299. The molecule has 3 aromatic carbocycles. The fraction of sp³-hybridized carbons (Fsp3) is 0.371. The molecule has 6 N–H and O–H groups in total. The van der Waals surface area contributed by atoms with E-state index in [9.17, 15) is 0 Å². The molecule has 0 spiro atoms. The lowest BCUT2D eigenvalue weighted by atomic mass is 9.76. The van der Waals surface area contributed by atoms with E-state index in [-0.39, 0.29) is 12.0 Å². The third kappa shape index (κ3) is 8.87. The molecule has 1 heterocycles.